The van der Waals surface area contributed by atoms with Crippen molar-refractivity contribution in [1.82, 2.24) is 14.9 Å². The number of rotatable bonds is 7. The highest BCUT2D eigenvalue weighted by Gasteiger charge is 2.19. The fourth-order valence-electron chi connectivity index (χ4n) is 4.03. The molecule has 0 aliphatic carbocycles. The smallest absolute Gasteiger partial charge is 0.221 e. The number of allylic oxidation sites excluding steroid dienone is 1. The molecule has 2 aromatic carbocycles. The summed E-state index contributed by atoms with van der Waals surface area (Å²) >= 11 is 6.15. The highest BCUT2D eigenvalue weighted by atomic mass is 35.5. The summed E-state index contributed by atoms with van der Waals surface area (Å²) in [6, 6.07) is 9.52. The van der Waals surface area contributed by atoms with Gasteiger partial charge in [-0.25, -0.2) is 4.98 Å². The lowest BCUT2D eigenvalue weighted by Gasteiger charge is -2.27. The highest BCUT2D eigenvalue weighted by molar-refractivity contribution is 6.30. The van der Waals surface area contributed by atoms with Crippen molar-refractivity contribution in [1.29, 1.82) is 0 Å². The van der Waals surface area contributed by atoms with Gasteiger partial charge < -0.3 is 25.8 Å². The molecule has 0 amide bonds. The van der Waals surface area contributed by atoms with Gasteiger partial charge in [-0.1, -0.05) is 17.7 Å². The van der Waals surface area contributed by atoms with Crippen molar-refractivity contribution < 1.29 is 14.3 Å². The predicted molar refractivity (Wildman–Crippen MR) is 132 cm³/mol. The minimum absolute atomic E-state index is 0.108. The Morgan fingerprint density at radius 3 is 2.74 bits per heavy atom. The number of nitrogens with two attached hydrogens (primary N) is 2. The van der Waals surface area contributed by atoms with Crippen LogP contribution < -0.4 is 20.9 Å². The number of nitrogen functional groups attached to an aromatic ring is 2. The third-order valence-corrected chi connectivity index (χ3v) is 6.00. The van der Waals surface area contributed by atoms with Crippen molar-refractivity contribution in [2.24, 2.45) is 0 Å². The summed E-state index contributed by atoms with van der Waals surface area (Å²) in [7, 11) is 3.04. The molecule has 0 radical (unpaired) electrons. The zero-order chi connectivity index (χ0) is 24.2. The van der Waals surface area contributed by atoms with Crippen LogP contribution >= 0.6 is 11.6 Å². The van der Waals surface area contributed by atoms with E-state index in [1.807, 2.05) is 18.3 Å². The Balaban J connectivity index is 1.59. The molecule has 2 heterocycles. The molecule has 8 nitrogen and oxygen atoms in total. The van der Waals surface area contributed by atoms with Crippen LogP contribution in [-0.4, -0.2) is 41.4 Å². The molecule has 176 valence electrons. The van der Waals surface area contributed by atoms with Crippen LogP contribution in [0.5, 0.6) is 11.5 Å². The van der Waals surface area contributed by atoms with Gasteiger partial charge in [-0.3, -0.25) is 4.79 Å². The molecule has 1 aliphatic rings. The van der Waals surface area contributed by atoms with Gasteiger partial charge in [0.05, 0.1) is 19.8 Å². The second-order valence-corrected chi connectivity index (χ2v) is 8.44. The van der Waals surface area contributed by atoms with Crippen LogP contribution in [0.3, 0.4) is 0 Å². The van der Waals surface area contributed by atoms with E-state index in [2.05, 4.69) is 20.9 Å². The maximum atomic E-state index is 13.2. The van der Waals surface area contributed by atoms with Crippen LogP contribution in [0.4, 0.5) is 11.8 Å². The summed E-state index contributed by atoms with van der Waals surface area (Å²) in [4.78, 5) is 23.3. The lowest BCUT2D eigenvalue weighted by molar-refractivity contribution is 0.104. The highest BCUT2D eigenvalue weighted by Crippen LogP contribution is 2.34. The van der Waals surface area contributed by atoms with Gasteiger partial charge in [-0.2, -0.15) is 4.98 Å². The number of fused-ring (bicyclic) bond motifs is 1. The second-order valence-electron chi connectivity index (χ2n) is 8.01. The van der Waals surface area contributed by atoms with Crippen LogP contribution in [0.25, 0.3) is 0 Å². The van der Waals surface area contributed by atoms with Crippen molar-refractivity contribution in [2.45, 2.75) is 19.4 Å². The molecular weight excluding hydrogens is 454 g/mol. The van der Waals surface area contributed by atoms with Crippen LogP contribution in [-0.2, 0) is 19.4 Å². The lowest BCUT2D eigenvalue weighted by Crippen LogP contribution is -2.26. The number of nitrogens with zero attached hydrogens (tertiary/aromatic N) is 3. The summed E-state index contributed by atoms with van der Waals surface area (Å²) < 4.78 is 11.0. The topological polar surface area (TPSA) is 117 Å². The van der Waals surface area contributed by atoms with E-state index in [-0.39, 0.29) is 11.7 Å². The molecule has 0 saturated carbocycles. The number of hydrogen-bond acceptors (Lipinski definition) is 8. The van der Waals surface area contributed by atoms with E-state index in [0.29, 0.717) is 46.4 Å². The number of carbonyl (C=O) groups is 1. The molecule has 0 unspecified atom stereocenters. The largest absolute Gasteiger partial charge is 0.493 e. The number of ketones is 1. The average molecular weight is 480 g/mol. The number of hydrogen-bond donors (Lipinski definition) is 2. The predicted octanol–water partition coefficient (Wildman–Crippen LogP) is 3.66. The Morgan fingerprint density at radius 1 is 1.18 bits per heavy atom. The van der Waals surface area contributed by atoms with Gasteiger partial charge in [-0.05, 0) is 47.4 Å². The number of halogens is 1. The normalized spacial score (nSPS) is 13.1. The van der Waals surface area contributed by atoms with E-state index in [1.54, 1.807) is 24.4 Å². The van der Waals surface area contributed by atoms with Crippen LogP contribution in [0.15, 0.2) is 48.8 Å². The summed E-state index contributed by atoms with van der Waals surface area (Å²) in [5.41, 5.74) is 15.9. The number of anilines is 2. The first kappa shape index (κ1) is 23.4. The minimum Gasteiger partial charge on any atom is -0.493 e. The Morgan fingerprint density at radius 2 is 2.00 bits per heavy atom. The third kappa shape index (κ3) is 5.07. The molecule has 4 N–H and O–H groups in total. The number of benzene rings is 2. The second kappa shape index (κ2) is 10.0. The van der Waals surface area contributed by atoms with Crippen molar-refractivity contribution in [3.63, 3.8) is 0 Å². The molecule has 0 fully saturated rings. The van der Waals surface area contributed by atoms with Crippen molar-refractivity contribution >= 4 is 29.2 Å². The molecule has 0 spiro atoms. The molecule has 3 aromatic rings. The maximum Gasteiger partial charge on any atom is 0.221 e. The first-order valence-electron chi connectivity index (χ1n) is 10.7. The summed E-state index contributed by atoms with van der Waals surface area (Å²) in [5, 5.41) is 0.710. The summed E-state index contributed by atoms with van der Waals surface area (Å²) in [6.45, 7) is 1.51. The SMILES string of the molecule is COc1cc(Cc2cnc(N)nc2N)cc(C(=O)C=CN2CCc3ccc(Cl)cc3C2)c1OC. The Bertz CT molecular complexity index is 1260. The standard InChI is InChI=1S/C25H26ClN5O3/c1-33-22-11-15(9-17-13-29-25(28)30-24(17)27)10-20(23(22)34-2)21(32)6-8-31-7-5-16-3-4-19(26)12-18(16)14-31/h3-4,6,8,10-13H,5,7,9,14H2,1-2H3,(H4,27,28,29,30). The van der Waals surface area contributed by atoms with E-state index >= 15 is 0 Å². The van der Waals surface area contributed by atoms with Crippen LogP contribution in [0.1, 0.15) is 32.6 Å². The Labute approximate surface area is 203 Å². The van der Waals surface area contributed by atoms with Crippen LogP contribution in [0, 0.1) is 0 Å². The zero-order valence-corrected chi connectivity index (χ0v) is 19.8. The number of aromatic nitrogens is 2. The molecule has 34 heavy (non-hydrogen) atoms. The van der Waals surface area contributed by atoms with E-state index in [4.69, 9.17) is 32.5 Å². The fraction of sp³-hybridized carbons (Fsp3) is 0.240. The number of ether oxygens (including phenoxy) is 2. The molecule has 0 bridgehead atoms. The summed E-state index contributed by atoms with van der Waals surface area (Å²) in [5.74, 6) is 1.03. The van der Waals surface area contributed by atoms with Gasteiger partial charge in [0.2, 0.25) is 5.95 Å². The monoisotopic (exact) mass is 479 g/mol. The number of carbonyl (C=O) groups excluding carboxylic acids is 1. The quantitative estimate of drug-likeness (QED) is 0.389. The first-order valence-corrected chi connectivity index (χ1v) is 11.1. The van der Waals surface area contributed by atoms with Crippen molar-refractivity contribution in [3.8, 4) is 11.5 Å². The molecule has 4 rings (SSSR count). The first-order chi connectivity index (χ1) is 16.4. The fourth-order valence-corrected chi connectivity index (χ4v) is 4.23. The molecular formula is C25H26ClN5O3. The molecule has 0 saturated heterocycles. The van der Waals surface area contributed by atoms with E-state index in [9.17, 15) is 4.79 Å². The van der Waals surface area contributed by atoms with Crippen LogP contribution in [0.2, 0.25) is 5.02 Å². The van der Waals surface area contributed by atoms with E-state index in [0.717, 1.165) is 18.5 Å². The Kier molecular flexibility index (Phi) is 6.88. The van der Waals surface area contributed by atoms with Gasteiger partial charge in [0.1, 0.15) is 5.82 Å². The van der Waals surface area contributed by atoms with E-state index in [1.165, 1.54) is 25.3 Å². The minimum atomic E-state index is -0.199. The average Bonchev–Trinajstić information content (AvgIpc) is 2.83. The third-order valence-electron chi connectivity index (χ3n) is 5.76. The maximum absolute atomic E-state index is 13.2. The molecule has 1 aromatic heterocycles. The van der Waals surface area contributed by atoms with Gasteiger partial charge in [0.25, 0.3) is 0 Å². The molecule has 0 atom stereocenters. The summed E-state index contributed by atoms with van der Waals surface area (Å²) in [6.07, 6.45) is 6.24. The Hall–Kier alpha value is -3.78. The molecule has 9 heteroatoms. The lowest BCUT2D eigenvalue weighted by atomic mass is 9.99. The van der Waals surface area contributed by atoms with E-state index < -0.39 is 0 Å². The zero-order valence-electron chi connectivity index (χ0n) is 19.0. The van der Waals surface area contributed by atoms with Gasteiger partial charge >= 0.3 is 0 Å². The van der Waals surface area contributed by atoms with Gasteiger partial charge in [0.15, 0.2) is 17.3 Å². The van der Waals surface area contributed by atoms with Gasteiger partial charge in [-0.15, -0.1) is 0 Å². The van der Waals surface area contributed by atoms with Crippen molar-refractivity contribution in [3.05, 3.63) is 81.6 Å². The number of methoxy groups -OCH3 is 2. The molecule has 1 aliphatic heterocycles. The van der Waals surface area contributed by atoms with Crippen molar-refractivity contribution in [2.75, 3.05) is 32.2 Å². The van der Waals surface area contributed by atoms with Gasteiger partial charge in [0, 0.05) is 48.6 Å².